The molecule has 1 rings (SSSR count). The van der Waals surface area contributed by atoms with Gasteiger partial charge in [0.1, 0.15) is 0 Å². The van der Waals surface area contributed by atoms with Crippen molar-refractivity contribution < 1.29 is 5.11 Å². The maximum Gasteiger partial charge on any atom is 0.191 e. The van der Waals surface area contributed by atoms with Gasteiger partial charge in [-0.1, -0.05) is 33.1 Å². The molecule has 0 spiro atoms. The molecule has 0 heterocycles. The highest BCUT2D eigenvalue weighted by Crippen LogP contribution is 2.27. The van der Waals surface area contributed by atoms with E-state index in [0.717, 1.165) is 56.7 Å². The molecule has 3 N–H and O–H groups in total. The molecule has 0 saturated heterocycles. The van der Waals surface area contributed by atoms with Gasteiger partial charge in [0.25, 0.3) is 0 Å². The minimum Gasteiger partial charge on any atom is -0.396 e. The molecule has 0 aromatic rings. The van der Waals surface area contributed by atoms with Crippen molar-refractivity contribution in [2.24, 2.45) is 22.7 Å². The van der Waals surface area contributed by atoms with E-state index in [4.69, 9.17) is 10.1 Å². The first-order valence-corrected chi connectivity index (χ1v) is 9.32. The van der Waals surface area contributed by atoms with Gasteiger partial charge in [0.05, 0.1) is 0 Å². The van der Waals surface area contributed by atoms with Crippen LogP contribution >= 0.6 is 24.0 Å². The number of guanidine groups is 1. The van der Waals surface area contributed by atoms with Crippen molar-refractivity contribution in [2.45, 2.75) is 65.7 Å². The standard InChI is InChI=1S/C18H37N3O.HI/c1-4-7-16(10-11-22)13-20-18(19-5-2)21-14-17-9-6-8-15(3)12-17;/h15-17,22H,4-14H2,1-3H3,(H2,19,20,21);1H. The maximum absolute atomic E-state index is 9.15. The third-order valence-corrected chi connectivity index (χ3v) is 4.69. The third kappa shape index (κ3) is 10.4. The molecule has 1 saturated carbocycles. The van der Waals surface area contributed by atoms with Crippen LogP contribution in [0.15, 0.2) is 4.99 Å². The van der Waals surface area contributed by atoms with E-state index in [-0.39, 0.29) is 30.6 Å². The zero-order chi connectivity index (χ0) is 16.2. The largest absolute Gasteiger partial charge is 0.396 e. The summed E-state index contributed by atoms with van der Waals surface area (Å²) in [6, 6.07) is 0. The molecule has 4 nitrogen and oxygen atoms in total. The van der Waals surface area contributed by atoms with Crippen molar-refractivity contribution in [3.63, 3.8) is 0 Å². The number of aliphatic imine (C=N–C) groups is 1. The lowest BCUT2D eigenvalue weighted by atomic mass is 9.82. The van der Waals surface area contributed by atoms with Gasteiger partial charge in [0.15, 0.2) is 5.96 Å². The molecule has 23 heavy (non-hydrogen) atoms. The van der Waals surface area contributed by atoms with Gasteiger partial charge in [-0.3, -0.25) is 4.99 Å². The average Bonchev–Trinajstić information content (AvgIpc) is 2.50. The minimum atomic E-state index is 0. The number of rotatable bonds is 9. The molecule has 0 amide bonds. The second-order valence-electron chi connectivity index (χ2n) is 6.91. The highest BCUT2D eigenvalue weighted by atomic mass is 127. The van der Waals surface area contributed by atoms with E-state index < -0.39 is 0 Å². The first-order valence-electron chi connectivity index (χ1n) is 9.32. The molecule has 5 heteroatoms. The van der Waals surface area contributed by atoms with Crippen LogP contribution < -0.4 is 10.6 Å². The number of hydrogen-bond acceptors (Lipinski definition) is 2. The van der Waals surface area contributed by atoms with E-state index in [0.29, 0.717) is 5.92 Å². The van der Waals surface area contributed by atoms with Crippen LogP contribution in [0.4, 0.5) is 0 Å². The Morgan fingerprint density at radius 3 is 2.61 bits per heavy atom. The van der Waals surface area contributed by atoms with Crippen molar-refractivity contribution in [1.82, 2.24) is 10.6 Å². The second-order valence-corrected chi connectivity index (χ2v) is 6.91. The fourth-order valence-corrected chi connectivity index (χ4v) is 3.47. The van der Waals surface area contributed by atoms with Crippen LogP contribution in [-0.4, -0.2) is 37.3 Å². The van der Waals surface area contributed by atoms with Crippen LogP contribution in [0.2, 0.25) is 0 Å². The molecule has 3 atom stereocenters. The van der Waals surface area contributed by atoms with Crippen molar-refractivity contribution in [3.05, 3.63) is 0 Å². The summed E-state index contributed by atoms with van der Waals surface area (Å²) < 4.78 is 0. The Labute approximate surface area is 160 Å². The molecule has 0 bridgehead atoms. The zero-order valence-electron chi connectivity index (χ0n) is 15.3. The van der Waals surface area contributed by atoms with Gasteiger partial charge in [-0.25, -0.2) is 0 Å². The molecule has 138 valence electrons. The quantitative estimate of drug-likeness (QED) is 0.291. The number of aliphatic hydroxyl groups is 1. The van der Waals surface area contributed by atoms with E-state index in [1.54, 1.807) is 0 Å². The van der Waals surface area contributed by atoms with E-state index in [1.807, 2.05) is 0 Å². The number of nitrogens with zero attached hydrogens (tertiary/aromatic N) is 1. The molecule has 1 aliphatic rings. The highest BCUT2D eigenvalue weighted by molar-refractivity contribution is 14.0. The van der Waals surface area contributed by atoms with Gasteiger partial charge in [-0.05, 0) is 50.4 Å². The highest BCUT2D eigenvalue weighted by Gasteiger charge is 2.18. The van der Waals surface area contributed by atoms with Crippen molar-refractivity contribution >= 4 is 29.9 Å². The SMILES string of the molecule is CCCC(CCO)CN=C(NCC)NCC1CCCC(C)C1.I. The van der Waals surface area contributed by atoms with Crippen molar-refractivity contribution in [2.75, 3.05) is 26.2 Å². The fourth-order valence-electron chi connectivity index (χ4n) is 3.47. The number of halogens is 1. The lowest BCUT2D eigenvalue weighted by Crippen LogP contribution is -2.40. The summed E-state index contributed by atoms with van der Waals surface area (Å²) in [5, 5.41) is 16.0. The summed E-state index contributed by atoms with van der Waals surface area (Å²) in [7, 11) is 0. The Kier molecular flexibility index (Phi) is 14.3. The lowest BCUT2D eigenvalue weighted by Gasteiger charge is -2.27. The molecule has 1 fully saturated rings. The van der Waals surface area contributed by atoms with Crippen molar-refractivity contribution in [3.8, 4) is 0 Å². The topological polar surface area (TPSA) is 56.7 Å². The molecular weight excluding hydrogens is 401 g/mol. The monoisotopic (exact) mass is 439 g/mol. The van der Waals surface area contributed by atoms with Crippen LogP contribution in [0.5, 0.6) is 0 Å². The summed E-state index contributed by atoms with van der Waals surface area (Å²) in [6.45, 7) is 9.68. The maximum atomic E-state index is 9.15. The van der Waals surface area contributed by atoms with E-state index in [9.17, 15) is 0 Å². The van der Waals surface area contributed by atoms with Gasteiger partial charge in [0, 0.05) is 26.2 Å². The van der Waals surface area contributed by atoms with Gasteiger partial charge in [-0.2, -0.15) is 0 Å². The molecule has 0 radical (unpaired) electrons. The molecule has 3 unspecified atom stereocenters. The predicted molar refractivity (Wildman–Crippen MR) is 111 cm³/mol. The number of hydrogen-bond donors (Lipinski definition) is 3. The van der Waals surface area contributed by atoms with Crippen molar-refractivity contribution in [1.29, 1.82) is 0 Å². The van der Waals surface area contributed by atoms with Gasteiger partial charge in [0.2, 0.25) is 0 Å². The average molecular weight is 439 g/mol. The summed E-state index contributed by atoms with van der Waals surface area (Å²) in [6.07, 6.45) is 8.61. The van der Waals surface area contributed by atoms with E-state index in [1.165, 1.54) is 25.7 Å². The Morgan fingerprint density at radius 2 is 2.00 bits per heavy atom. The van der Waals surface area contributed by atoms with Gasteiger partial charge >= 0.3 is 0 Å². The van der Waals surface area contributed by atoms with Crippen LogP contribution in [0.25, 0.3) is 0 Å². The van der Waals surface area contributed by atoms with Crippen LogP contribution in [0.3, 0.4) is 0 Å². The molecule has 1 aliphatic carbocycles. The number of aliphatic hydroxyl groups excluding tert-OH is 1. The Morgan fingerprint density at radius 1 is 1.22 bits per heavy atom. The van der Waals surface area contributed by atoms with Gasteiger partial charge in [-0.15, -0.1) is 24.0 Å². The lowest BCUT2D eigenvalue weighted by molar-refractivity contribution is 0.253. The first-order chi connectivity index (χ1) is 10.7. The summed E-state index contributed by atoms with van der Waals surface area (Å²) in [4.78, 5) is 4.74. The Bertz CT molecular complexity index is 307. The summed E-state index contributed by atoms with van der Waals surface area (Å²) >= 11 is 0. The minimum absolute atomic E-state index is 0. The van der Waals surface area contributed by atoms with E-state index >= 15 is 0 Å². The smallest absolute Gasteiger partial charge is 0.191 e. The van der Waals surface area contributed by atoms with Crippen LogP contribution in [-0.2, 0) is 0 Å². The summed E-state index contributed by atoms with van der Waals surface area (Å²) in [5.74, 6) is 3.11. The first kappa shape index (κ1) is 23.0. The molecule has 0 aromatic carbocycles. The normalized spacial score (nSPS) is 23.0. The van der Waals surface area contributed by atoms with Crippen LogP contribution in [0, 0.1) is 17.8 Å². The zero-order valence-corrected chi connectivity index (χ0v) is 17.6. The predicted octanol–water partition coefficient (Wildman–Crippen LogP) is 3.78. The Balaban J connectivity index is 0.00000484. The molecular formula is C18H38IN3O. The summed E-state index contributed by atoms with van der Waals surface area (Å²) in [5.41, 5.74) is 0. The number of nitrogens with one attached hydrogen (secondary N) is 2. The van der Waals surface area contributed by atoms with Gasteiger partial charge < -0.3 is 15.7 Å². The third-order valence-electron chi connectivity index (χ3n) is 4.69. The second kappa shape index (κ2) is 14.3. The van der Waals surface area contributed by atoms with E-state index in [2.05, 4.69) is 31.4 Å². The Hall–Kier alpha value is -0.0400. The van der Waals surface area contributed by atoms with Crippen LogP contribution in [0.1, 0.15) is 65.7 Å². The molecule has 0 aromatic heterocycles. The molecule has 0 aliphatic heterocycles. The fraction of sp³-hybridized carbons (Fsp3) is 0.944.